The van der Waals surface area contributed by atoms with Gasteiger partial charge in [0.2, 0.25) is 0 Å². The van der Waals surface area contributed by atoms with Gasteiger partial charge in [0.15, 0.2) is 0 Å². The lowest BCUT2D eigenvalue weighted by molar-refractivity contribution is -0.379. The maximum Gasteiger partial charge on any atom is 0.348 e. The molecule has 1 aromatic rings. The van der Waals surface area contributed by atoms with Gasteiger partial charge in [0.1, 0.15) is 10.6 Å². The van der Waals surface area contributed by atoms with Crippen LogP contribution in [0.4, 0.5) is 10.7 Å². The van der Waals surface area contributed by atoms with Crippen LogP contribution in [0.1, 0.15) is 9.67 Å². The molecule has 0 aromatic carbocycles. The van der Waals surface area contributed by atoms with Crippen LogP contribution in [0.2, 0.25) is 0 Å². The topological polar surface area (TPSA) is 95.5 Å². The van der Waals surface area contributed by atoms with Gasteiger partial charge in [0, 0.05) is 0 Å². The zero-order valence-corrected chi connectivity index (χ0v) is 7.46. The average Bonchev–Trinajstić information content (AvgIpc) is 2.46. The Morgan fingerprint density at radius 3 is 2.77 bits per heavy atom. The number of ether oxygens (including phenoxy) is 1. The lowest BCUT2D eigenvalue weighted by atomic mass is 10.4. The van der Waals surface area contributed by atoms with Gasteiger partial charge in [-0.05, 0) is 6.07 Å². The van der Waals surface area contributed by atoms with E-state index in [1.807, 2.05) is 0 Å². The number of nitro groups is 1. The van der Waals surface area contributed by atoms with Gasteiger partial charge in [-0.2, -0.15) is 0 Å². The third-order valence-electron chi connectivity index (χ3n) is 1.29. The molecule has 0 aliphatic carbocycles. The van der Waals surface area contributed by atoms with Crippen LogP contribution in [-0.4, -0.2) is 18.0 Å². The second-order valence-electron chi connectivity index (χ2n) is 2.12. The third-order valence-corrected chi connectivity index (χ3v) is 2.38. The van der Waals surface area contributed by atoms with Gasteiger partial charge in [0.25, 0.3) is 0 Å². The highest BCUT2D eigenvalue weighted by Gasteiger charge is 2.20. The van der Waals surface area contributed by atoms with E-state index in [1.54, 1.807) is 0 Å². The van der Waals surface area contributed by atoms with Crippen molar-refractivity contribution in [1.82, 2.24) is 0 Å². The van der Waals surface area contributed by atoms with E-state index in [9.17, 15) is 14.9 Å². The van der Waals surface area contributed by atoms with E-state index in [2.05, 4.69) is 4.74 Å². The zero-order valence-electron chi connectivity index (χ0n) is 6.64. The predicted octanol–water partition coefficient (Wildman–Crippen LogP) is 1.03. The fourth-order valence-corrected chi connectivity index (χ4v) is 1.55. The summed E-state index contributed by atoms with van der Waals surface area (Å²) in [6, 6.07) is 1.23. The van der Waals surface area contributed by atoms with Gasteiger partial charge in [-0.25, -0.2) is 4.79 Å². The number of nitrogen functional groups attached to an aromatic ring is 1. The Hall–Kier alpha value is -1.63. The van der Waals surface area contributed by atoms with Crippen molar-refractivity contribution in [2.75, 3.05) is 12.8 Å². The summed E-state index contributed by atoms with van der Waals surface area (Å²) in [5.41, 5.74) is 5.28. The van der Waals surface area contributed by atoms with Gasteiger partial charge in [-0.3, -0.25) is 10.1 Å². The van der Waals surface area contributed by atoms with Gasteiger partial charge in [0.05, 0.1) is 12.0 Å². The molecule has 0 aliphatic rings. The minimum atomic E-state index is -0.632. The number of nitrogens with two attached hydrogens (primary N) is 1. The van der Waals surface area contributed by atoms with Crippen molar-refractivity contribution < 1.29 is 14.5 Å². The molecule has 0 unspecified atom stereocenters. The fraction of sp³-hybridized carbons (Fsp3) is 0.167. The monoisotopic (exact) mass is 202 g/mol. The van der Waals surface area contributed by atoms with Crippen molar-refractivity contribution >= 4 is 28.0 Å². The normalized spacial score (nSPS) is 9.62. The Morgan fingerprint density at radius 1 is 1.77 bits per heavy atom. The van der Waals surface area contributed by atoms with Crippen molar-refractivity contribution in [1.29, 1.82) is 0 Å². The maximum absolute atomic E-state index is 10.9. The van der Waals surface area contributed by atoms with Crippen molar-refractivity contribution in [3.63, 3.8) is 0 Å². The number of rotatable bonds is 2. The molecule has 1 aromatic heterocycles. The van der Waals surface area contributed by atoms with E-state index in [0.717, 1.165) is 0 Å². The van der Waals surface area contributed by atoms with Crippen LogP contribution < -0.4 is 5.73 Å². The molecular weight excluding hydrogens is 196 g/mol. The molecular formula is C6H6N2O4S. The molecule has 2 N–H and O–H groups in total. The summed E-state index contributed by atoms with van der Waals surface area (Å²) in [4.78, 5) is 20.7. The molecule has 13 heavy (non-hydrogen) atoms. The molecule has 1 rings (SSSR count). The Balaban J connectivity index is 3.09. The second kappa shape index (κ2) is 3.40. The quantitative estimate of drug-likeness (QED) is 0.439. The standard InChI is InChI=1S/C6H6N2O4S/c1-12-6(9)4-2-3(7)5(13-4)8(10)11/h2H,7H2,1H3. The van der Waals surface area contributed by atoms with Crippen molar-refractivity contribution in [3.8, 4) is 0 Å². The molecule has 0 atom stereocenters. The lowest BCUT2D eigenvalue weighted by Crippen LogP contribution is -1.97. The SMILES string of the molecule is COC(=O)c1cc(N)c([N+](=O)[O-])s1. The Kier molecular flexibility index (Phi) is 2.47. The first kappa shape index (κ1) is 9.46. The number of methoxy groups -OCH3 is 1. The highest BCUT2D eigenvalue weighted by atomic mass is 32.1. The molecule has 0 bridgehead atoms. The van der Waals surface area contributed by atoms with Crippen molar-refractivity contribution in [3.05, 3.63) is 21.1 Å². The predicted molar refractivity (Wildman–Crippen MR) is 46.7 cm³/mol. The molecule has 0 saturated heterocycles. The molecule has 0 aliphatic heterocycles. The highest BCUT2D eigenvalue weighted by Crippen LogP contribution is 2.32. The van der Waals surface area contributed by atoms with E-state index in [4.69, 9.17) is 5.73 Å². The summed E-state index contributed by atoms with van der Waals surface area (Å²) < 4.78 is 4.38. The number of carbonyl (C=O) groups excluding carboxylic acids is 1. The minimum Gasteiger partial charge on any atom is -0.465 e. The summed E-state index contributed by atoms with van der Waals surface area (Å²) in [5.74, 6) is -0.621. The summed E-state index contributed by atoms with van der Waals surface area (Å²) in [6.45, 7) is 0. The molecule has 1 heterocycles. The maximum atomic E-state index is 10.9. The van der Waals surface area contributed by atoms with E-state index in [0.29, 0.717) is 11.3 Å². The van der Waals surface area contributed by atoms with E-state index < -0.39 is 10.9 Å². The molecule has 0 amide bonds. The van der Waals surface area contributed by atoms with E-state index >= 15 is 0 Å². The van der Waals surface area contributed by atoms with Crippen molar-refractivity contribution in [2.45, 2.75) is 0 Å². The number of esters is 1. The first-order valence-corrected chi connectivity index (χ1v) is 4.00. The number of hydrogen-bond donors (Lipinski definition) is 1. The molecule has 0 radical (unpaired) electrons. The number of hydrogen-bond acceptors (Lipinski definition) is 6. The molecule has 0 fully saturated rings. The summed E-state index contributed by atoms with van der Waals surface area (Å²) in [6.07, 6.45) is 0. The summed E-state index contributed by atoms with van der Waals surface area (Å²) >= 11 is 0.702. The smallest absolute Gasteiger partial charge is 0.348 e. The van der Waals surface area contributed by atoms with Gasteiger partial charge >= 0.3 is 11.0 Å². The zero-order chi connectivity index (χ0) is 10.0. The van der Waals surface area contributed by atoms with Crippen LogP contribution >= 0.6 is 11.3 Å². The molecule has 70 valence electrons. The molecule has 6 nitrogen and oxygen atoms in total. The minimum absolute atomic E-state index is 0.0181. The van der Waals surface area contributed by atoms with Gasteiger partial charge in [-0.15, -0.1) is 0 Å². The fourth-order valence-electron chi connectivity index (χ4n) is 0.739. The average molecular weight is 202 g/mol. The summed E-state index contributed by atoms with van der Waals surface area (Å²) in [5, 5.41) is 10.1. The van der Waals surface area contributed by atoms with Crippen LogP contribution in [-0.2, 0) is 4.74 Å². The number of anilines is 1. The Bertz CT molecular complexity index is 360. The van der Waals surface area contributed by atoms with Crippen LogP contribution in [0.3, 0.4) is 0 Å². The lowest BCUT2D eigenvalue weighted by Gasteiger charge is -1.90. The van der Waals surface area contributed by atoms with Crippen molar-refractivity contribution in [2.24, 2.45) is 0 Å². The molecule has 7 heteroatoms. The van der Waals surface area contributed by atoms with E-state index in [1.165, 1.54) is 13.2 Å². The van der Waals surface area contributed by atoms with Crippen LogP contribution in [0.25, 0.3) is 0 Å². The third kappa shape index (κ3) is 1.75. The number of carbonyl (C=O) groups is 1. The second-order valence-corrected chi connectivity index (χ2v) is 3.15. The Labute approximate surface area is 77.1 Å². The number of thiophene rings is 1. The van der Waals surface area contributed by atoms with Crippen LogP contribution in [0.5, 0.6) is 0 Å². The van der Waals surface area contributed by atoms with Crippen LogP contribution in [0, 0.1) is 10.1 Å². The first-order valence-electron chi connectivity index (χ1n) is 3.18. The largest absolute Gasteiger partial charge is 0.465 e. The highest BCUT2D eigenvalue weighted by molar-refractivity contribution is 7.17. The van der Waals surface area contributed by atoms with Crippen LogP contribution in [0.15, 0.2) is 6.07 Å². The first-order chi connectivity index (χ1) is 6.06. The van der Waals surface area contributed by atoms with Gasteiger partial charge in [-0.1, -0.05) is 11.3 Å². The van der Waals surface area contributed by atoms with E-state index in [-0.39, 0.29) is 15.6 Å². The number of nitrogens with zero attached hydrogens (tertiary/aromatic N) is 1. The molecule has 0 spiro atoms. The molecule has 0 saturated carbocycles. The Morgan fingerprint density at radius 2 is 2.38 bits per heavy atom. The van der Waals surface area contributed by atoms with Gasteiger partial charge < -0.3 is 10.5 Å². The summed E-state index contributed by atoms with van der Waals surface area (Å²) in [7, 11) is 1.20.